The van der Waals surface area contributed by atoms with Crippen LogP contribution in [0.4, 0.5) is 14.7 Å². The summed E-state index contributed by atoms with van der Waals surface area (Å²) in [6.07, 6.45) is 4.80. The largest absolute Gasteiger partial charge is 0.368 e. The van der Waals surface area contributed by atoms with Crippen molar-refractivity contribution in [3.05, 3.63) is 53.4 Å². The minimum Gasteiger partial charge on any atom is -0.368 e. The summed E-state index contributed by atoms with van der Waals surface area (Å²) in [5.41, 5.74) is 6.19. The van der Waals surface area contributed by atoms with Crippen molar-refractivity contribution in [1.82, 2.24) is 14.9 Å². The van der Waals surface area contributed by atoms with Crippen LogP contribution in [0.5, 0.6) is 0 Å². The molecule has 3 rings (SSSR count). The van der Waals surface area contributed by atoms with Crippen molar-refractivity contribution in [2.75, 3.05) is 18.8 Å². The predicted octanol–water partition coefficient (Wildman–Crippen LogP) is 2.43. The molecule has 0 bridgehead atoms. The molecular weight excluding hydrogens is 314 g/mol. The van der Waals surface area contributed by atoms with Crippen LogP contribution >= 0.6 is 0 Å². The molecule has 1 aromatic carbocycles. The van der Waals surface area contributed by atoms with Crippen molar-refractivity contribution in [3.63, 3.8) is 0 Å². The highest BCUT2D eigenvalue weighted by atomic mass is 19.1. The fraction of sp³-hybridized carbons (Fsp3) is 0.353. The molecule has 0 aliphatic carbocycles. The van der Waals surface area contributed by atoms with E-state index in [1.54, 1.807) is 12.4 Å². The molecule has 2 aromatic rings. The molecule has 2 N–H and O–H groups in total. The molecule has 24 heavy (non-hydrogen) atoms. The minimum atomic E-state index is -0.676. The van der Waals surface area contributed by atoms with E-state index in [0.717, 1.165) is 36.7 Å². The molecule has 1 aliphatic heterocycles. The molecule has 0 amide bonds. The zero-order valence-corrected chi connectivity index (χ0v) is 13.1. The van der Waals surface area contributed by atoms with Crippen LogP contribution in [-0.4, -0.2) is 33.7 Å². The number of benzene rings is 1. The Labute approximate surface area is 138 Å². The van der Waals surface area contributed by atoms with Crippen LogP contribution in [0.2, 0.25) is 0 Å². The highest BCUT2D eigenvalue weighted by Gasteiger charge is 2.28. The standard InChI is InChI=1S/C17H18F2N4O/c18-13-3-4-15(19)14(6-13)16(24)12-2-1-5-23(10-12)9-11-7-21-17(20)22-8-11/h3-4,6-8,12H,1-2,5,9-10H2,(H2,20,21,22). The molecule has 1 unspecified atom stereocenters. The van der Waals surface area contributed by atoms with E-state index in [-0.39, 0.29) is 23.2 Å². The Morgan fingerprint density at radius 2 is 2.04 bits per heavy atom. The van der Waals surface area contributed by atoms with Gasteiger partial charge in [-0.05, 0) is 37.6 Å². The lowest BCUT2D eigenvalue weighted by molar-refractivity contribution is 0.0806. The third-order valence-corrected chi connectivity index (χ3v) is 4.20. The summed E-state index contributed by atoms with van der Waals surface area (Å²) in [6, 6.07) is 2.99. The molecule has 126 valence electrons. The molecule has 1 aliphatic rings. The van der Waals surface area contributed by atoms with Gasteiger partial charge >= 0.3 is 0 Å². The van der Waals surface area contributed by atoms with Gasteiger partial charge in [-0.2, -0.15) is 0 Å². The Kier molecular flexibility index (Phi) is 4.80. The number of Topliss-reactive ketones (excluding diaryl/α,β-unsaturated/α-hetero) is 1. The summed E-state index contributed by atoms with van der Waals surface area (Å²) in [5.74, 6) is -1.75. The summed E-state index contributed by atoms with van der Waals surface area (Å²) in [4.78, 5) is 22.5. The first kappa shape index (κ1) is 16.4. The number of carbonyl (C=O) groups excluding carboxylic acids is 1. The number of nitrogens with zero attached hydrogens (tertiary/aromatic N) is 3. The molecule has 0 spiro atoms. The van der Waals surface area contributed by atoms with Crippen LogP contribution in [0.15, 0.2) is 30.6 Å². The van der Waals surface area contributed by atoms with Crippen molar-refractivity contribution in [3.8, 4) is 0 Å². The predicted molar refractivity (Wildman–Crippen MR) is 85.1 cm³/mol. The lowest BCUT2D eigenvalue weighted by Crippen LogP contribution is -2.38. The van der Waals surface area contributed by atoms with E-state index in [2.05, 4.69) is 14.9 Å². The Bertz CT molecular complexity index is 736. The van der Waals surface area contributed by atoms with Gasteiger partial charge in [0.15, 0.2) is 5.78 Å². The van der Waals surface area contributed by atoms with Crippen LogP contribution in [0.25, 0.3) is 0 Å². The van der Waals surface area contributed by atoms with Crippen LogP contribution in [0.3, 0.4) is 0 Å². The van der Waals surface area contributed by atoms with Crippen molar-refractivity contribution < 1.29 is 13.6 Å². The maximum atomic E-state index is 13.8. The Morgan fingerprint density at radius 3 is 2.79 bits per heavy atom. The SMILES string of the molecule is Nc1ncc(CN2CCCC(C(=O)c3cc(F)ccc3F)C2)cn1. The van der Waals surface area contributed by atoms with E-state index in [1.807, 2.05) is 0 Å². The van der Waals surface area contributed by atoms with Crippen molar-refractivity contribution >= 4 is 11.7 Å². The molecule has 0 radical (unpaired) electrons. The number of rotatable bonds is 4. The fourth-order valence-electron chi connectivity index (χ4n) is 3.02. The van der Waals surface area contributed by atoms with Gasteiger partial charge in [-0.25, -0.2) is 18.7 Å². The molecule has 1 aromatic heterocycles. The van der Waals surface area contributed by atoms with Gasteiger partial charge < -0.3 is 5.73 Å². The number of hydrogen-bond acceptors (Lipinski definition) is 5. The number of hydrogen-bond donors (Lipinski definition) is 1. The number of anilines is 1. The van der Waals surface area contributed by atoms with Crippen LogP contribution < -0.4 is 5.73 Å². The number of aromatic nitrogens is 2. The zero-order chi connectivity index (χ0) is 17.1. The van der Waals surface area contributed by atoms with Gasteiger partial charge in [0.05, 0.1) is 5.56 Å². The highest BCUT2D eigenvalue weighted by Crippen LogP contribution is 2.24. The average Bonchev–Trinajstić information content (AvgIpc) is 2.59. The van der Waals surface area contributed by atoms with Crippen molar-refractivity contribution in [1.29, 1.82) is 0 Å². The molecule has 7 heteroatoms. The van der Waals surface area contributed by atoms with Gasteiger partial charge in [0.2, 0.25) is 5.95 Å². The minimum absolute atomic E-state index is 0.169. The molecule has 1 atom stereocenters. The number of ketones is 1. The molecule has 1 saturated heterocycles. The summed E-state index contributed by atoms with van der Waals surface area (Å²) < 4.78 is 27.1. The van der Waals surface area contributed by atoms with E-state index < -0.39 is 11.6 Å². The molecular formula is C17H18F2N4O. The lowest BCUT2D eigenvalue weighted by Gasteiger charge is -2.31. The first-order chi connectivity index (χ1) is 11.5. The Balaban J connectivity index is 1.69. The van der Waals surface area contributed by atoms with E-state index in [0.29, 0.717) is 19.5 Å². The number of nitrogen functional groups attached to an aromatic ring is 1. The van der Waals surface area contributed by atoms with E-state index in [4.69, 9.17) is 5.73 Å². The van der Waals surface area contributed by atoms with Gasteiger partial charge in [-0.3, -0.25) is 9.69 Å². The maximum Gasteiger partial charge on any atom is 0.219 e. The monoisotopic (exact) mass is 332 g/mol. The summed E-state index contributed by atoms with van der Waals surface area (Å²) in [6.45, 7) is 1.93. The van der Waals surface area contributed by atoms with Crippen LogP contribution in [-0.2, 0) is 6.54 Å². The second-order valence-corrected chi connectivity index (χ2v) is 6.01. The number of likely N-dealkylation sites (tertiary alicyclic amines) is 1. The smallest absolute Gasteiger partial charge is 0.219 e. The normalized spacial score (nSPS) is 18.5. The quantitative estimate of drug-likeness (QED) is 0.871. The second kappa shape index (κ2) is 7.00. The summed E-state index contributed by atoms with van der Waals surface area (Å²) in [5, 5.41) is 0. The molecule has 5 nitrogen and oxygen atoms in total. The first-order valence-electron chi connectivity index (χ1n) is 7.81. The Hall–Kier alpha value is -2.41. The van der Waals surface area contributed by atoms with Gasteiger partial charge in [-0.15, -0.1) is 0 Å². The van der Waals surface area contributed by atoms with Gasteiger partial charge in [-0.1, -0.05) is 0 Å². The number of carbonyl (C=O) groups is 1. The highest BCUT2D eigenvalue weighted by molar-refractivity contribution is 5.98. The van der Waals surface area contributed by atoms with E-state index in [1.165, 1.54) is 0 Å². The fourth-order valence-corrected chi connectivity index (χ4v) is 3.02. The third kappa shape index (κ3) is 3.73. The maximum absolute atomic E-state index is 13.8. The molecule has 2 heterocycles. The van der Waals surface area contributed by atoms with Gasteiger partial charge in [0.1, 0.15) is 11.6 Å². The topological polar surface area (TPSA) is 72.1 Å². The average molecular weight is 332 g/mol. The molecule has 0 saturated carbocycles. The van der Waals surface area contributed by atoms with Gasteiger partial charge in [0.25, 0.3) is 0 Å². The zero-order valence-electron chi connectivity index (χ0n) is 13.1. The van der Waals surface area contributed by atoms with Crippen molar-refractivity contribution in [2.45, 2.75) is 19.4 Å². The van der Waals surface area contributed by atoms with Crippen molar-refractivity contribution in [2.24, 2.45) is 5.92 Å². The number of halogens is 2. The number of nitrogens with two attached hydrogens (primary N) is 1. The summed E-state index contributed by atoms with van der Waals surface area (Å²) in [7, 11) is 0. The van der Waals surface area contributed by atoms with Crippen LogP contribution in [0, 0.1) is 17.6 Å². The van der Waals surface area contributed by atoms with E-state index in [9.17, 15) is 13.6 Å². The lowest BCUT2D eigenvalue weighted by atomic mass is 9.89. The Morgan fingerprint density at radius 1 is 1.29 bits per heavy atom. The van der Waals surface area contributed by atoms with E-state index >= 15 is 0 Å². The third-order valence-electron chi connectivity index (χ3n) is 4.20. The number of piperidine rings is 1. The second-order valence-electron chi connectivity index (χ2n) is 6.01. The first-order valence-corrected chi connectivity index (χ1v) is 7.81. The van der Waals surface area contributed by atoms with Crippen LogP contribution in [0.1, 0.15) is 28.8 Å². The van der Waals surface area contributed by atoms with Gasteiger partial charge in [0, 0.05) is 37.0 Å². The molecule has 1 fully saturated rings. The summed E-state index contributed by atoms with van der Waals surface area (Å²) >= 11 is 0.